The smallest absolute Gasteiger partial charge is 0.326 e. The SMILES string of the molecule is CC(=O)NC(Cc1nnco1)C(=O)O. The lowest BCUT2D eigenvalue weighted by Gasteiger charge is -2.09. The van der Waals surface area contributed by atoms with Crippen LogP contribution in [0.3, 0.4) is 0 Å². The molecule has 1 heterocycles. The highest BCUT2D eigenvalue weighted by Gasteiger charge is 2.20. The number of hydrogen-bond donors (Lipinski definition) is 2. The number of aromatic nitrogens is 2. The Morgan fingerprint density at radius 2 is 2.43 bits per heavy atom. The molecule has 1 rings (SSSR count). The van der Waals surface area contributed by atoms with E-state index in [0.29, 0.717) is 0 Å². The van der Waals surface area contributed by atoms with E-state index in [1.807, 2.05) is 0 Å². The lowest BCUT2D eigenvalue weighted by molar-refractivity contribution is -0.141. The van der Waals surface area contributed by atoms with Gasteiger partial charge < -0.3 is 14.8 Å². The van der Waals surface area contributed by atoms with Crippen LogP contribution in [-0.2, 0) is 16.0 Å². The van der Waals surface area contributed by atoms with Crippen LogP contribution in [0, 0.1) is 0 Å². The molecule has 1 amide bonds. The molecule has 0 saturated heterocycles. The van der Waals surface area contributed by atoms with Gasteiger partial charge in [0, 0.05) is 6.92 Å². The number of carbonyl (C=O) groups is 2. The third kappa shape index (κ3) is 2.85. The summed E-state index contributed by atoms with van der Waals surface area (Å²) >= 11 is 0. The standard InChI is InChI=1S/C7H9N3O4/c1-4(11)9-5(7(12)13)2-6-10-8-3-14-6/h3,5H,2H2,1H3,(H,9,11)(H,12,13). The molecule has 76 valence electrons. The second-order valence-electron chi connectivity index (χ2n) is 2.63. The van der Waals surface area contributed by atoms with Crippen molar-refractivity contribution < 1.29 is 19.1 Å². The highest BCUT2D eigenvalue weighted by molar-refractivity contribution is 5.82. The van der Waals surface area contributed by atoms with Crippen molar-refractivity contribution in [3.05, 3.63) is 12.3 Å². The van der Waals surface area contributed by atoms with E-state index >= 15 is 0 Å². The van der Waals surface area contributed by atoms with E-state index < -0.39 is 17.9 Å². The first-order valence-electron chi connectivity index (χ1n) is 3.84. The molecule has 7 heteroatoms. The van der Waals surface area contributed by atoms with Crippen molar-refractivity contribution in [2.24, 2.45) is 0 Å². The minimum absolute atomic E-state index is 0.0189. The Balaban J connectivity index is 2.60. The molecule has 0 aliphatic heterocycles. The van der Waals surface area contributed by atoms with Crippen LogP contribution in [-0.4, -0.2) is 33.2 Å². The molecule has 0 radical (unpaired) electrons. The second-order valence-corrected chi connectivity index (χ2v) is 2.63. The lowest BCUT2D eigenvalue weighted by atomic mass is 10.2. The van der Waals surface area contributed by atoms with Crippen LogP contribution >= 0.6 is 0 Å². The predicted octanol–water partition coefficient (Wildman–Crippen LogP) is -0.799. The van der Waals surface area contributed by atoms with E-state index in [0.717, 1.165) is 6.39 Å². The van der Waals surface area contributed by atoms with Gasteiger partial charge in [0.05, 0.1) is 6.42 Å². The van der Waals surface area contributed by atoms with Crippen molar-refractivity contribution in [2.45, 2.75) is 19.4 Å². The van der Waals surface area contributed by atoms with Crippen molar-refractivity contribution >= 4 is 11.9 Å². The van der Waals surface area contributed by atoms with Gasteiger partial charge in [0.15, 0.2) is 0 Å². The van der Waals surface area contributed by atoms with Gasteiger partial charge >= 0.3 is 5.97 Å². The largest absolute Gasteiger partial charge is 0.480 e. The summed E-state index contributed by atoms with van der Waals surface area (Å²) in [6.45, 7) is 1.24. The minimum Gasteiger partial charge on any atom is -0.480 e. The lowest BCUT2D eigenvalue weighted by Crippen LogP contribution is -2.41. The van der Waals surface area contributed by atoms with Gasteiger partial charge in [-0.05, 0) is 0 Å². The van der Waals surface area contributed by atoms with E-state index in [1.54, 1.807) is 0 Å². The van der Waals surface area contributed by atoms with Crippen LogP contribution in [0.2, 0.25) is 0 Å². The number of hydrogen-bond acceptors (Lipinski definition) is 5. The summed E-state index contributed by atoms with van der Waals surface area (Å²) in [5.74, 6) is -1.39. The van der Waals surface area contributed by atoms with Crippen molar-refractivity contribution in [1.29, 1.82) is 0 Å². The predicted molar refractivity (Wildman–Crippen MR) is 43.2 cm³/mol. The first-order chi connectivity index (χ1) is 6.59. The maximum absolute atomic E-state index is 10.7. The molecule has 1 aromatic rings. The number of nitrogens with zero attached hydrogens (tertiary/aromatic N) is 2. The number of amides is 1. The van der Waals surface area contributed by atoms with Gasteiger partial charge in [-0.3, -0.25) is 4.79 Å². The van der Waals surface area contributed by atoms with Crippen LogP contribution in [0.15, 0.2) is 10.8 Å². The van der Waals surface area contributed by atoms with Gasteiger partial charge in [0.2, 0.25) is 18.2 Å². The fraction of sp³-hybridized carbons (Fsp3) is 0.429. The van der Waals surface area contributed by atoms with Gasteiger partial charge in [-0.25, -0.2) is 4.79 Å². The van der Waals surface area contributed by atoms with Crippen LogP contribution in [0.1, 0.15) is 12.8 Å². The normalized spacial score (nSPS) is 12.1. The number of rotatable bonds is 4. The van der Waals surface area contributed by atoms with Crippen molar-refractivity contribution in [3.8, 4) is 0 Å². The first-order valence-corrected chi connectivity index (χ1v) is 3.84. The van der Waals surface area contributed by atoms with Gasteiger partial charge in [0.1, 0.15) is 6.04 Å². The van der Waals surface area contributed by atoms with Gasteiger partial charge in [-0.1, -0.05) is 0 Å². The van der Waals surface area contributed by atoms with Crippen LogP contribution in [0.5, 0.6) is 0 Å². The highest BCUT2D eigenvalue weighted by atomic mass is 16.4. The van der Waals surface area contributed by atoms with Gasteiger partial charge in [-0.2, -0.15) is 0 Å². The zero-order valence-electron chi connectivity index (χ0n) is 7.43. The summed E-state index contributed by atoms with van der Waals surface area (Å²) in [4.78, 5) is 21.3. The molecule has 0 aromatic carbocycles. The zero-order chi connectivity index (χ0) is 10.6. The zero-order valence-corrected chi connectivity index (χ0v) is 7.43. The molecule has 0 bridgehead atoms. The van der Waals surface area contributed by atoms with Crippen molar-refractivity contribution in [2.75, 3.05) is 0 Å². The summed E-state index contributed by atoms with van der Waals surface area (Å²) in [5.41, 5.74) is 0. The average molecular weight is 199 g/mol. The molecule has 0 aliphatic rings. The van der Waals surface area contributed by atoms with Crippen LogP contribution in [0.25, 0.3) is 0 Å². The molecule has 2 N–H and O–H groups in total. The summed E-state index contributed by atoms with van der Waals surface area (Å²) < 4.78 is 4.76. The summed E-state index contributed by atoms with van der Waals surface area (Å²) in [6, 6.07) is -1.03. The Morgan fingerprint density at radius 3 is 2.86 bits per heavy atom. The quantitative estimate of drug-likeness (QED) is 0.657. The van der Waals surface area contributed by atoms with Crippen molar-refractivity contribution in [3.63, 3.8) is 0 Å². The Hall–Kier alpha value is -1.92. The topological polar surface area (TPSA) is 105 Å². The van der Waals surface area contributed by atoms with Crippen molar-refractivity contribution in [1.82, 2.24) is 15.5 Å². The third-order valence-corrected chi connectivity index (χ3v) is 1.46. The maximum atomic E-state index is 10.7. The molecule has 1 aromatic heterocycles. The monoisotopic (exact) mass is 199 g/mol. The number of aliphatic carboxylic acids is 1. The Morgan fingerprint density at radius 1 is 1.71 bits per heavy atom. The molecular formula is C7H9N3O4. The van der Waals surface area contributed by atoms with Crippen LogP contribution < -0.4 is 5.32 Å². The Bertz CT molecular complexity index is 322. The fourth-order valence-electron chi connectivity index (χ4n) is 0.905. The van der Waals surface area contributed by atoms with E-state index in [4.69, 9.17) is 9.52 Å². The Labute approximate surface area is 79.1 Å². The van der Waals surface area contributed by atoms with Gasteiger partial charge in [-0.15, -0.1) is 10.2 Å². The summed E-state index contributed by atoms with van der Waals surface area (Å²) in [6.07, 6.45) is 1.08. The molecule has 0 spiro atoms. The molecule has 1 atom stereocenters. The molecule has 0 aliphatic carbocycles. The fourth-order valence-corrected chi connectivity index (χ4v) is 0.905. The molecule has 7 nitrogen and oxygen atoms in total. The number of carboxylic acid groups (broad SMARTS) is 1. The number of carboxylic acids is 1. The third-order valence-electron chi connectivity index (χ3n) is 1.46. The summed E-state index contributed by atoms with van der Waals surface area (Å²) in [7, 11) is 0. The average Bonchev–Trinajstić information content (AvgIpc) is 2.54. The van der Waals surface area contributed by atoms with E-state index in [2.05, 4.69) is 15.5 Å². The first kappa shape index (κ1) is 10.2. The minimum atomic E-state index is -1.14. The number of carbonyl (C=O) groups excluding carboxylic acids is 1. The molecular weight excluding hydrogens is 190 g/mol. The van der Waals surface area contributed by atoms with E-state index in [-0.39, 0.29) is 12.3 Å². The number of nitrogens with one attached hydrogen (secondary N) is 1. The van der Waals surface area contributed by atoms with E-state index in [9.17, 15) is 9.59 Å². The molecule has 0 fully saturated rings. The second kappa shape index (κ2) is 4.35. The Kier molecular flexibility index (Phi) is 3.16. The van der Waals surface area contributed by atoms with Crippen LogP contribution in [0.4, 0.5) is 0 Å². The maximum Gasteiger partial charge on any atom is 0.326 e. The highest BCUT2D eigenvalue weighted by Crippen LogP contribution is 1.98. The summed E-state index contributed by atoms with van der Waals surface area (Å²) in [5, 5.41) is 17.9. The van der Waals surface area contributed by atoms with Gasteiger partial charge in [0.25, 0.3) is 0 Å². The molecule has 0 saturated carbocycles. The van der Waals surface area contributed by atoms with E-state index in [1.165, 1.54) is 6.92 Å². The molecule has 14 heavy (non-hydrogen) atoms. The molecule has 1 unspecified atom stereocenters.